The number of allylic oxidation sites excluding steroid dienone is 1. The number of nitrogens with one attached hydrogen (secondary N) is 1. The van der Waals surface area contributed by atoms with Gasteiger partial charge in [0.2, 0.25) is 0 Å². The predicted molar refractivity (Wildman–Crippen MR) is 85.3 cm³/mol. The maximum atomic E-state index is 6.05. The van der Waals surface area contributed by atoms with Crippen LogP contribution in [0.3, 0.4) is 0 Å². The van der Waals surface area contributed by atoms with E-state index in [4.69, 9.17) is 4.42 Å². The van der Waals surface area contributed by atoms with Gasteiger partial charge in [-0.2, -0.15) is 0 Å². The van der Waals surface area contributed by atoms with E-state index in [0.717, 1.165) is 39.4 Å². The van der Waals surface area contributed by atoms with Crippen LogP contribution < -0.4 is 0 Å². The molecule has 3 aromatic heterocycles. The van der Waals surface area contributed by atoms with E-state index in [1.807, 2.05) is 24.4 Å². The molecule has 21 heavy (non-hydrogen) atoms. The van der Waals surface area contributed by atoms with E-state index in [0.29, 0.717) is 5.92 Å². The Hall–Kier alpha value is -2.55. The lowest BCUT2D eigenvalue weighted by atomic mass is 9.95. The molecule has 3 heterocycles. The summed E-state index contributed by atoms with van der Waals surface area (Å²) in [6.07, 6.45) is 7.48. The summed E-state index contributed by atoms with van der Waals surface area (Å²) < 4.78 is 6.05. The molecule has 0 aliphatic heterocycles. The van der Waals surface area contributed by atoms with Crippen molar-refractivity contribution in [3.05, 3.63) is 47.8 Å². The molecule has 1 aliphatic rings. The number of aromatic amines is 1. The number of furan rings is 1. The molecule has 1 atom stereocenters. The highest BCUT2D eigenvalue weighted by atomic mass is 16.3. The number of aromatic nitrogens is 2. The zero-order valence-corrected chi connectivity index (χ0v) is 11.7. The first-order valence-corrected chi connectivity index (χ1v) is 7.30. The van der Waals surface area contributed by atoms with Crippen LogP contribution in [0.25, 0.3) is 39.0 Å². The second kappa shape index (κ2) is 3.76. The van der Waals surface area contributed by atoms with Gasteiger partial charge in [-0.25, -0.2) is 0 Å². The third-order valence-corrected chi connectivity index (χ3v) is 4.40. The van der Waals surface area contributed by atoms with E-state index < -0.39 is 0 Å². The summed E-state index contributed by atoms with van der Waals surface area (Å²) in [7, 11) is 0. The molecule has 0 saturated heterocycles. The van der Waals surface area contributed by atoms with Crippen LogP contribution in [0.15, 0.2) is 41.0 Å². The monoisotopic (exact) mass is 274 g/mol. The Morgan fingerprint density at radius 3 is 3.10 bits per heavy atom. The van der Waals surface area contributed by atoms with Gasteiger partial charge in [0.15, 0.2) is 5.58 Å². The number of fused-ring (bicyclic) bond motifs is 7. The highest BCUT2D eigenvalue weighted by molar-refractivity contribution is 6.13. The average Bonchev–Trinajstić information content (AvgIpc) is 3.04. The van der Waals surface area contributed by atoms with E-state index in [1.165, 1.54) is 11.3 Å². The van der Waals surface area contributed by atoms with Crippen LogP contribution in [0.1, 0.15) is 18.2 Å². The Morgan fingerprint density at radius 2 is 2.14 bits per heavy atom. The first-order valence-electron chi connectivity index (χ1n) is 7.30. The molecule has 0 bridgehead atoms. The van der Waals surface area contributed by atoms with Crippen molar-refractivity contribution in [2.75, 3.05) is 0 Å². The normalized spacial score (nSPS) is 17.9. The van der Waals surface area contributed by atoms with Crippen LogP contribution in [0, 0.1) is 5.92 Å². The number of hydrogen-bond acceptors (Lipinski definition) is 2. The maximum absolute atomic E-state index is 6.05. The molecule has 1 aromatic carbocycles. The third kappa shape index (κ3) is 1.40. The second-order valence-electron chi connectivity index (χ2n) is 5.88. The Labute approximate surface area is 121 Å². The molecule has 102 valence electrons. The van der Waals surface area contributed by atoms with Gasteiger partial charge in [0.25, 0.3) is 0 Å². The van der Waals surface area contributed by atoms with Crippen LogP contribution in [0.5, 0.6) is 0 Å². The van der Waals surface area contributed by atoms with Gasteiger partial charge in [0.05, 0.1) is 5.52 Å². The Bertz CT molecular complexity index is 1040. The summed E-state index contributed by atoms with van der Waals surface area (Å²) in [6.45, 7) is 2.24. The number of nitrogens with zero attached hydrogens (tertiary/aromatic N) is 1. The summed E-state index contributed by atoms with van der Waals surface area (Å²) >= 11 is 0. The molecule has 1 unspecified atom stereocenters. The molecule has 0 amide bonds. The van der Waals surface area contributed by atoms with Crippen molar-refractivity contribution in [3.63, 3.8) is 0 Å². The zero-order chi connectivity index (χ0) is 14.0. The fraction of sp³-hybridized carbons (Fsp3) is 0.167. The lowest BCUT2D eigenvalue weighted by Gasteiger charge is -2.11. The Kier molecular flexibility index (Phi) is 1.99. The summed E-state index contributed by atoms with van der Waals surface area (Å²) in [5.41, 5.74) is 6.31. The Balaban J connectivity index is 1.95. The molecule has 0 spiro atoms. The molecule has 0 saturated carbocycles. The number of benzene rings is 1. The molecule has 3 nitrogen and oxygen atoms in total. The summed E-state index contributed by atoms with van der Waals surface area (Å²) in [5.74, 6) is 0.574. The summed E-state index contributed by atoms with van der Waals surface area (Å²) in [4.78, 5) is 8.21. The van der Waals surface area contributed by atoms with Crippen molar-refractivity contribution in [1.82, 2.24) is 9.97 Å². The minimum absolute atomic E-state index is 0.574. The number of H-pyrrole nitrogens is 1. The van der Waals surface area contributed by atoms with Crippen LogP contribution >= 0.6 is 0 Å². The van der Waals surface area contributed by atoms with E-state index in [1.54, 1.807) is 0 Å². The smallest absolute Gasteiger partial charge is 0.177 e. The fourth-order valence-electron chi connectivity index (χ4n) is 3.36. The third-order valence-electron chi connectivity index (χ3n) is 4.40. The van der Waals surface area contributed by atoms with Gasteiger partial charge in [-0.15, -0.1) is 0 Å². The van der Waals surface area contributed by atoms with Crippen LogP contribution in [0.2, 0.25) is 0 Å². The van der Waals surface area contributed by atoms with Gasteiger partial charge in [-0.1, -0.05) is 31.2 Å². The first-order chi connectivity index (χ1) is 10.3. The number of para-hydroxylation sites is 1. The lowest BCUT2D eigenvalue weighted by molar-refractivity contribution is 0.670. The van der Waals surface area contributed by atoms with Gasteiger partial charge in [0, 0.05) is 28.2 Å². The maximum Gasteiger partial charge on any atom is 0.177 e. The molecule has 3 heteroatoms. The van der Waals surface area contributed by atoms with Crippen molar-refractivity contribution >= 4 is 39.0 Å². The minimum atomic E-state index is 0.574. The van der Waals surface area contributed by atoms with E-state index >= 15 is 0 Å². The van der Waals surface area contributed by atoms with E-state index in [9.17, 15) is 0 Å². The molecule has 1 aliphatic carbocycles. The topological polar surface area (TPSA) is 41.8 Å². The first kappa shape index (κ1) is 11.1. The summed E-state index contributed by atoms with van der Waals surface area (Å²) in [5, 5.41) is 2.23. The highest BCUT2D eigenvalue weighted by Gasteiger charge is 2.19. The van der Waals surface area contributed by atoms with Crippen molar-refractivity contribution in [2.24, 2.45) is 5.92 Å². The Morgan fingerprint density at radius 1 is 1.24 bits per heavy atom. The number of pyridine rings is 1. The quantitative estimate of drug-likeness (QED) is 0.506. The molecule has 0 radical (unpaired) electrons. The van der Waals surface area contributed by atoms with Crippen molar-refractivity contribution < 1.29 is 4.42 Å². The largest absolute Gasteiger partial charge is 0.452 e. The minimum Gasteiger partial charge on any atom is -0.452 e. The van der Waals surface area contributed by atoms with Gasteiger partial charge in [-0.05, 0) is 24.5 Å². The highest BCUT2D eigenvalue weighted by Crippen LogP contribution is 2.36. The van der Waals surface area contributed by atoms with Gasteiger partial charge in [0.1, 0.15) is 11.1 Å². The van der Waals surface area contributed by atoms with Crippen molar-refractivity contribution in [1.29, 1.82) is 0 Å². The van der Waals surface area contributed by atoms with E-state index in [-0.39, 0.29) is 0 Å². The van der Waals surface area contributed by atoms with Gasteiger partial charge in [-0.3, -0.25) is 4.98 Å². The van der Waals surface area contributed by atoms with Crippen molar-refractivity contribution in [2.45, 2.75) is 13.3 Å². The predicted octanol–water partition coefficient (Wildman–Crippen LogP) is 4.67. The molecular formula is C18H14N2O. The number of hydrogen-bond donors (Lipinski definition) is 1. The lowest BCUT2D eigenvalue weighted by Crippen LogP contribution is -2.01. The van der Waals surface area contributed by atoms with Crippen LogP contribution in [0.4, 0.5) is 0 Å². The van der Waals surface area contributed by atoms with Crippen molar-refractivity contribution in [3.8, 4) is 0 Å². The van der Waals surface area contributed by atoms with Gasteiger partial charge < -0.3 is 9.40 Å². The zero-order valence-electron chi connectivity index (χ0n) is 11.7. The molecule has 0 fully saturated rings. The van der Waals surface area contributed by atoms with Crippen LogP contribution in [-0.4, -0.2) is 9.97 Å². The summed E-state index contributed by atoms with van der Waals surface area (Å²) in [6, 6.07) is 8.07. The average molecular weight is 274 g/mol. The fourth-order valence-corrected chi connectivity index (χ4v) is 3.36. The molecule has 1 N–H and O–H groups in total. The van der Waals surface area contributed by atoms with E-state index in [2.05, 4.69) is 35.1 Å². The SMILES string of the molecule is CC1C=Cc2c([nH]c3c2cnc2c4ccccc4oc23)C1. The van der Waals surface area contributed by atoms with Crippen LogP contribution in [-0.2, 0) is 6.42 Å². The standard InChI is InChI=1S/C18H14N2O/c1-10-6-7-11-13-9-19-16-12-4-2-3-5-15(12)21-18(16)17(13)20-14(11)8-10/h2-7,9-10,20H,8H2,1H3. The molecule has 4 aromatic rings. The number of rotatable bonds is 0. The second-order valence-corrected chi connectivity index (χ2v) is 5.88. The molecule has 5 rings (SSSR count). The molecular weight excluding hydrogens is 260 g/mol. The van der Waals surface area contributed by atoms with Gasteiger partial charge >= 0.3 is 0 Å².